The van der Waals surface area contributed by atoms with Crippen molar-refractivity contribution in [1.29, 1.82) is 0 Å². The summed E-state index contributed by atoms with van der Waals surface area (Å²) in [6.45, 7) is 3.00. The number of hydrogen-bond donors (Lipinski definition) is 1. The lowest BCUT2D eigenvalue weighted by atomic mass is 10.0. The Hall–Kier alpha value is -0.860. The highest BCUT2D eigenvalue weighted by atomic mass is 16.5. The molecular weight excluding hydrogens is 236 g/mol. The third kappa shape index (κ3) is 4.05. The van der Waals surface area contributed by atoms with Crippen molar-refractivity contribution in [3.63, 3.8) is 0 Å². The van der Waals surface area contributed by atoms with Crippen LogP contribution in [0.2, 0.25) is 0 Å². The molecule has 1 aliphatic rings. The van der Waals surface area contributed by atoms with Crippen LogP contribution in [-0.2, 0) is 11.2 Å². The van der Waals surface area contributed by atoms with E-state index < -0.39 is 6.10 Å². The lowest BCUT2D eigenvalue weighted by Crippen LogP contribution is -2.22. The van der Waals surface area contributed by atoms with Crippen LogP contribution in [0.5, 0.6) is 0 Å². The molecule has 19 heavy (non-hydrogen) atoms. The Kier molecular flexibility index (Phi) is 5.87. The van der Waals surface area contributed by atoms with E-state index in [1.54, 1.807) is 0 Å². The molecule has 2 unspecified atom stereocenters. The molecule has 0 amide bonds. The predicted octanol–water partition coefficient (Wildman–Crippen LogP) is 4.02. The molecule has 0 aliphatic heterocycles. The summed E-state index contributed by atoms with van der Waals surface area (Å²) < 4.78 is 5.93. The zero-order chi connectivity index (χ0) is 13.5. The second-order valence-electron chi connectivity index (χ2n) is 5.51. The van der Waals surface area contributed by atoms with Crippen molar-refractivity contribution in [2.75, 3.05) is 6.61 Å². The predicted molar refractivity (Wildman–Crippen MR) is 78.2 cm³/mol. The van der Waals surface area contributed by atoms with Crippen molar-refractivity contribution in [2.24, 2.45) is 0 Å². The monoisotopic (exact) mass is 262 g/mol. The quantitative estimate of drug-likeness (QED) is 0.619. The fourth-order valence-electron chi connectivity index (χ4n) is 2.84. The van der Waals surface area contributed by atoms with E-state index in [1.165, 1.54) is 24.8 Å². The Morgan fingerprint density at radius 3 is 2.89 bits per heavy atom. The van der Waals surface area contributed by atoms with Gasteiger partial charge in [-0.15, -0.1) is 0 Å². The molecule has 2 rings (SSSR count). The van der Waals surface area contributed by atoms with Crippen LogP contribution in [0.4, 0.5) is 0 Å². The largest absolute Gasteiger partial charge is 0.386 e. The minimum atomic E-state index is -0.454. The number of aliphatic hydroxyl groups excluding tert-OH is 1. The molecule has 0 bridgehead atoms. The SMILES string of the molecule is CCCCCCOC1CCCc2ccccc2C1O. The zero-order valence-electron chi connectivity index (χ0n) is 12.0. The summed E-state index contributed by atoms with van der Waals surface area (Å²) in [5.74, 6) is 0. The van der Waals surface area contributed by atoms with Crippen LogP contribution >= 0.6 is 0 Å². The van der Waals surface area contributed by atoms with Crippen molar-refractivity contribution in [2.45, 2.75) is 64.1 Å². The molecule has 2 nitrogen and oxygen atoms in total. The molecular formula is C17H26O2. The Morgan fingerprint density at radius 1 is 1.21 bits per heavy atom. The van der Waals surface area contributed by atoms with Gasteiger partial charge in [0.1, 0.15) is 6.10 Å². The Bertz CT molecular complexity index is 375. The van der Waals surface area contributed by atoms with Gasteiger partial charge in [0.15, 0.2) is 0 Å². The first kappa shape index (κ1) is 14.5. The Labute approximate surface area is 116 Å². The molecule has 1 N–H and O–H groups in total. The summed E-state index contributed by atoms with van der Waals surface area (Å²) in [6.07, 6.45) is 7.52. The van der Waals surface area contributed by atoms with E-state index in [1.807, 2.05) is 12.1 Å². The molecule has 0 aromatic heterocycles. The average molecular weight is 262 g/mol. The normalized spacial score (nSPS) is 22.8. The van der Waals surface area contributed by atoms with Gasteiger partial charge in [-0.25, -0.2) is 0 Å². The molecule has 0 radical (unpaired) electrons. The van der Waals surface area contributed by atoms with Crippen LogP contribution < -0.4 is 0 Å². The number of aryl methyl sites for hydroxylation is 1. The summed E-state index contributed by atoms with van der Waals surface area (Å²) in [5, 5.41) is 10.5. The molecule has 1 aromatic rings. The number of benzene rings is 1. The highest BCUT2D eigenvalue weighted by Gasteiger charge is 2.26. The zero-order valence-corrected chi connectivity index (χ0v) is 12.0. The summed E-state index contributed by atoms with van der Waals surface area (Å²) in [6, 6.07) is 8.23. The molecule has 2 atom stereocenters. The second-order valence-corrected chi connectivity index (χ2v) is 5.51. The molecule has 1 aliphatic carbocycles. The molecule has 0 heterocycles. The fourth-order valence-corrected chi connectivity index (χ4v) is 2.84. The van der Waals surface area contributed by atoms with Crippen molar-refractivity contribution in [3.8, 4) is 0 Å². The lowest BCUT2D eigenvalue weighted by molar-refractivity contribution is -0.0428. The summed E-state index contributed by atoms with van der Waals surface area (Å²) in [5.41, 5.74) is 2.35. The maximum atomic E-state index is 10.5. The third-order valence-corrected chi connectivity index (χ3v) is 3.99. The molecule has 2 heteroatoms. The Morgan fingerprint density at radius 2 is 2.05 bits per heavy atom. The van der Waals surface area contributed by atoms with E-state index in [2.05, 4.69) is 19.1 Å². The van der Waals surface area contributed by atoms with Gasteiger partial charge in [-0.3, -0.25) is 0 Å². The summed E-state index contributed by atoms with van der Waals surface area (Å²) >= 11 is 0. The van der Waals surface area contributed by atoms with Gasteiger partial charge in [0.2, 0.25) is 0 Å². The number of fused-ring (bicyclic) bond motifs is 1. The van der Waals surface area contributed by atoms with Gasteiger partial charge in [-0.05, 0) is 36.8 Å². The van der Waals surface area contributed by atoms with Gasteiger partial charge in [0.25, 0.3) is 0 Å². The summed E-state index contributed by atoms with van der Waals surface area (Å²) in [7, 11) is 0. The van der Waals surface area contributed by atoms with Gasteiger partial charge in [0, 0.05) is 6.61 Å². The molecule has 0 saturated carbocycles. The summed E-state index contributed by atoms with van der Waals surface area (Å²) in [4.78, 5) is 0. The molecule has 0 spiro atoms. The van der Waals surface area contributed by atoms with Crippen LogP contribution in [0.15, 0.2) is 24.3 Å². The van der Waals surface area contributed by atoms with E-state index in [0.717, 1.165) is 37.9 Å². The molecule has 106 valence electrons. The average Bonchev–Trinajstić information content (AvgIpc) is 2.59. The van der Waals surface area contributed by atoms with Gasteiger partial charge in [-0.2, -0.15) is 0 Å². The van der Waals surface area contributed by atoms with Gasteiger partial charge < -0.3 is 9.84 Å². The maximum Gasteiger partial charge on any atom is 0.105 e. The smallest absolute Gasteiger partial charge is 0.105 e. The Balaban J connectivity index is 1.88. The minimum Gasteiger partial charge on any atom is -0.386 e. The van der Waals surface area contributed by atoms with E-state index in [-0.39, 0.29) is 6.10 Å². The van der Waals surface area contributed by atoms with Crippen molar-refractivity contribution in [3.05, 3.63) is 35.4 Å². The first-order valence-corrected chi connectivity index (χ1v) is 7.70. The molecule has 1 aromatic carbocycles. The van der Waals surface area contributed by atoms with Crippen LogP contribution in [0.25, 0.3) is 0 Å². The van der Waals surface area contributed by atoms with Crippen molar-refractivity contribution < 1.29 is 9.84 Å². The highest BCUT2D eigenvalue weighted by Crippen LogP contribution is 2.30. The number of unbranched alkanes of at least 4 members (excludes halogenated alkanes) is 3. The van der Waals surface area contributed by atoms with E-state index in [4.69, 9.17) is 4.74 Å². The van der Waals surface area contributed by atoms with Crippen molar-refractivity contribution in [1.82, 2.24) is 0 Å². The number of aliphatic hydroxyl groups is 1. The maximum absolute atomic E-state index is 10.5. The minimum absolute atomic E-state index is 0.0229. The molecule has 0 fully saturated rings. The third-order valence-electron chi connectivity index (χ3n) is 3.99. The number of ether oxygens (including phenoxy) is 1. The first-order chi connectivity index (χ1) is 9.33. The van der Waals surface area contributed by atoms with E-state index in [0.29, 0.717) is 0 Å². The topological polar surface area (TPSA) is 29.5 Å². The van der Waals surface area contributed by atoms with Crippen LogP contribution in [0, 0.1) is 0 Å². The van der Waals surface area contributed by atoms with Crippen LogP contribution in [0.3, 0.4) is 0 Å². The van der Waals surface area contributed by atoms with Gasteiger partial charge >= 0.3 is 0 Å². The number of rotatable bonds is 6. The van der Waals surface area contributed by atoms with Gasteiger partial charge in [0.05, 0.1) is 6.10 Å². The first-order valence-electron chi connectivity index (χ1n) is 7.70. The molecule has 0 saturated heterocycles. The second kappa shape index (κ2) is 7.66. The standard InChI is InChI=1S/C17H26O2/c1-2-3-4-7-13-19-16-12-8-10-14-9-5-6-11-15(14)17(16)18/h5-6,9,11,16-18H,2-4,7-8,10,12-13H2,1H3. The van der Waals surface area contributed by atoms with Crippen LogP contribution in [-0.4, -0.2) is 17.8 Å². The van der Waals surface area contributed by atoms with Gasteiger partial charge in [-0.1, -0.05) is 50.5 Å². The van der Waals surface area contributed by atoms with E-state index in [9.17, 15) is 5.11 Å². The van der Waals surface area contributed by atoms with Crippen molar-refractivity contribution >= 4 is 0 Å². The lowest BCUT2D eigenvalue weighted by Gasteiger charge is -2.22. The fraction of sp³-hybridized carbons (Fsp3) is 0.647. The highest BCUT2D eigenvalue weighted by molar-refractivity contribution is 5.30. The van der Waals surface area contributed by atoms with E-state index >= 15 is 0 Å². The number of hydrogen-bond acceptors (Lipinski definition) is 2. The van der Waals surface area contributed by atoms with Crippen LogP contribution in [0.1, 0.15) is 62.7 Å².